The van der Waals surface area contributed by atoms with Gasteiger partial charge in [0, 0.05) is 5.92 Å². The summed E-state index contributed by atoms with van der Waals surface area (Å²) in [5.74, 6) is -0.383. The van der Waals surface area contributed by atoms with Gasteiger partial charge in [0.05, 0.1) is 6.61 Å². The van der Waals surface area contributed by atoms with Crippen molar-refractivity contribution in [2.24, 2.45) is 5.73 Å². The predicted molar refractivity (Wildman–Crippen MR) is 46.5 cm³/mol. The fourth-order valence-electron chi connectivity index (χ4n) is 1.11. The maximum absolute atomic E-state index is 9.08. The summed E-state index contributed by atoms with van der Waals surface area (Å²) in [5, 5.41) is 18.0. The molecule has 12 heavy (non-hydrogen) atoms. The summed E-state index contributed by atoms with van der Waals surface area (Å²) < 4.78 is 0. The summed E-state index contributed by atoms with van der Waals surface area (Å²) in [4.78, 5) is 0. The van der Waals surface area contributed by atoms with E-state index in [1.54, 1.807) is 0 Å². The first-order valence-electron chi connectivity index (χ1n) is 3.85. The second-order valence-electron chi connectivity index (χ2n) is 2.69. The zero-order chi connectivity index (χ0) is 8.97. The molecule has 2 unspecified atom stereocenters. The Balaban J connectivity index is 2.80. The standard InChI is InChI=1S/C9H13NO2/c10-9(12)8(6-11)7-4-2-1-3-5-7/h1-5,8-9,11-12H,6,10H2. The van der Waals surface area contributed by atoms with Crippen molar-refractivity contribution in [2.45, 2.75) is 12.1 Å². The van der Waals surface area contributed by atoms with Gasteiger partial charge in [0.15, 0.2) is 0 Å². The van der Waals surface area contributed by atoms with Crippen LogP contribution < -0.4 is 5.73 Å². The normalized spacial score (nSPS) is 15.6. The molecule has 0 saturated heterocycles. The Bertz CT molecular complexity index is 223. The number of rotatable bonds is 3. The van der Waals surface area contributed by atoms with Crippen molar-refractivity contribution in [1.29, 1.82) is 0 Å². The Morgan fingerprint density at radius 2 is 1.83 bits per heavy atom. The third-order valence-electron chi connectivity index (χ3n) is 1.84. The molecule has 0 saturated carbocycles. The molecule has 0 bridgehead atoms. The third-order valence-corrected chi connectivity index (χ3v) is 1.84. The predicted octanol–water partition coefficient (Wildman–Crippen LogP) is 0.0396. The zero-order valence-corrected chi connectivity index (χ0v) is 6.72. The van der Waals surface area contributed by atoms with E-state index in [-0.39, 0.29) is 12.5 Å². The molecular formula is C9H13NO2. The van der Waals surface area contributed by atoms with E-state index in [1.807, 2.05) is 30.3 Å². The van der Waals surface area contributed by atoms with E-state index in [4.69, 9.17) is 15.9 Å². The van der Waals surface area contributed by atoms with Crippen molar-refractivity contribution in [3.8, 4) is 0 Å². The van der Waals surface area contributed by atoms with Gasteiger partial charge in [-0.3, -0.25) is 0 Å². The molecule has 0 aliphatic rings. The largest absolute Gasteiger partial charge is 0.396 e. The second kappa shape index (κ2) is 4.21. The summed E-state index contributed by atoms with van der Waals surface area (Å²) in [5.41, 5.74) is 6.13. The van der Waals surface area contributed by atoms with E-state index in [2.05, 4.69) is 0 Å². The van der Waals surface area contributed by atoms with Crippen LogP contribution in [0.2, 0.25) is 0 Å². The summed E-state index contributed by atoms with van der Waals surface area (Å²) >= 11 is 0. The Labute approximate surface area is 71.5 Å². The third kappa shape index (κ3) is 2.04. The van der Waals surface area contributed by atoms with Crippen LogP contribution in [0.3, 0.4) is 0 Å². The van der Waals surface area contributed by atoms with Gasteiger partial charge in [0.25, 0.3) is 0 Å². The SMILES string of the molecule is NC(O)C(CO)c1ccccc1. The lowest BCUT2D eigenvalue weighted by atomic mass is 9.99. The van der Waals surface area contributed by atoms with E-state index < -0.39 is 6.23 Å². The van der Waals surface area contributed by atoms with Crippen LogP contribution in [0.25, 0.3) is 0 Å². The molecule has 1 aromatic rings. The Morgan fingerprint density at radius 3 is 2.25 bits per heavy atom. The number of hydrogen-bond acceptors (Lipinski definition) is 3. The molecule has 0 aromatic heterocycles. The van der Waals surface area contributed by atoms with Gasteiger partial charge in [-0.2, -0.15) is 0 Å². The van der Waals surface area contributed by atoms with Gasteiger partial charge in [0.2, 0.25) is 0 Å². The van der Waals surface area contributed by atoms with Gasteiger partial charge in [-0.05, 0) is 5.56 Å². The minimum atomic E-state index is -1.00. The van der Waals surface area contributed by atoms with Gasteiger partial charge < -0.3 is 15.9 Å². The van der Waals surface area contributed by atoms with Crippen molar-refractivity contribution in [1.82, 2.24) is 0 Å². The molecular weight excluding hydrogens is 154 g/mol. The van der Waals surface area contributed by atoms with Crippen LogP contribution in [-0.4, -0.2) is 23.0 Å². The van der Waals surface area contributed by atoms with E-state index >= 15 is 0 Å². The number of aliphatic hydroxyl groups is 2. The highest BCUT2D eigenvalue weighted by Gasteiger charge is 2.15. The maximum atomic E-state index is 9.08. The van der Waals surface area contributed by atoms with Crippen LogP contribution in [0.15, 0.2) is 30.3 Å². The Kier molecular flexibility index (Phi) is 3.22. The maximum Gasteiger partial charge on any atom is 0.111 e. The van der Waals surface area contributed by atoms with E-state index in [0.717, 1.165) is 5.56 Å². The van der Waals surface area contributed by atoms with Crippen molar-refractivity contribution in [2.75, 3.05) is 6.61 Å². The summed E-state index contributed by atoms with van der Waals surface area (Å²) in [7, 11) is 0. The van der Waals surface area contributed by atoms with Gasteiger partial charge in [0.1, 0.15) is 6.23 Å². The van der Waals surface area contributed by atoms with Crippen molar-refractivity contribution < 1.29 is 10.2 Å². The summed E-state index contributed by atoms with van der Waals surface area (Å²) in [6, 6.07) is 9.23. The first kappa shape index (κ1) is 9.19. The van der Waals surface area contributed by atoms with Crippen LogP contribution in [0.1, 0.15) is 11.5 Å². The number of benzene rings is 1. The number of aliphatic hydroxyl groups excluding tert-OH is 2. The number of hydrogen-bond donors (Lipinski definition) is 3. The molecule has 3 heteroatoms. The lowest BCUT2D eigenvalue weighted by Crippen LogP contribution is -2.30. The first-order valence-corrected chi connectivity index (χ1v) is 3.85. The van der Waals surface area contributed by atoms with Gasteiger partial charge >= 0.3 is 0 Å². The molecule has 1 rings (SSSR count). The fourth-order valence-corrected chi connectivity index (χ4v) is 1.11. The van der Waals surface area contributed by atoms with Gasteiger partial charge in [-0.25, -0.2) is 0 Å². The molecule has 0 radical (unpaired) electrons. The monoisotopic (exact) mass is 167 g/mol. The van der Waals surface area contributed by atoms with E-state index in [1.165, 1.54) is 0 Å². The molecule has 2 atom stereocenters. The van der Waals surface area contributed by atoms with Crippen LogP contribution in [0.5, 0.6) is 0 Å². The number of nitrogens with two attached hydrogens (primary N) is 1. The molecule has 1 aromatic carbocycles. The van der Waals surface area contributed by atoms with Crippen molar-refractivity contribution in [3.05, 3.63) is 35.9 Å². The topological polar surface area (TPSA) is 66.5 Å². The average Bonchev–Trinajstić information content (AvgIpc) is 2.07. The van der Waals surface area contributed by atoms with Crippen LogP contribution in [0.4, 0.5) is 0 Å². The molecule has 0 fully saturated rings. The zero-order valence-electron chi connectivity index (χ0n) is 6.72. The minimum absolute atomic E-state index is 0.137. The molecule has 0 aliphatic heterocycles. The lowest BCUT2D eigenvalue weighted by molar-refractivity contribution is 0.112. The highest BCUT2D eigenvalue weighted by molar-refractivity contribution is 5.20. The minimum Gasteiger partial charge on any atom is -0.396 e. The smallest absolute Gasteiger partial charge is 0.111 e. The summed E-state index contributed by atoms with van der Waals surface area (Å²) in [6.07, 6.45) is -1.00. The molecule has 0 amide bonds. The van der Waals surface area contributed by atoms with Crippen LogP contribution in [0, 0.1) is 0 Å². The Hall–Kier alpha value is -0.900. The molecule has 0 aliphatic carbocycles. The van der Waals surface area contributed by atoms with E-state index in [9.17, 15) is 0 Å². The quantitative estimate of drug-likeness (QED) is 0.557. The van der Waals surface area contributed by atoms with Gasteiger partial charge in [-0.1, -0.05) is 30.3 Å². The van der Waals surface area contributed by atoms with Crippen molar-refractivity contribution >= 4 is 0 Å². The van der Waals surface area contributed by atoms with Crippen molar-refractivity contribution in [3.63, 3.8) is 0 Å². The molecule has 0 spiro atoms. The van der Waals surface area contributed by atoms with Gasteiger partial charge in [-0.15, -0.1) is 0 Å². The molecule has 4 N–H and O–H groups in total. The van der Waals surface area contributed by atoms with Crippen LogP contribution >= 0.6 is 0 Å². The lowest BCUT2D eigenvalue weighted by Gasteiger charge is -2.16. The molecule has 3 nitrogen and oxygen atoms in total. The first-order chi connectivity index (χ1) is 5.75. The fraction of sp³-hybridized carbons (Fsp3) is 0.333. The highest BCUT2D eigenvalue weighted by atomic mass is 16.3. The summed E-state index contributed by atoms with van der Waals surface area (Å²) in [6.45, 7) is -0.137. The van der Waals surface area contributed by atoms with E-state index in [0.29, 0.717) is 0 Å². The second-order valence-corrected chi connectivity index (χ2v) is 2.69. The average molecular weight is 167 g/mol. The molecule has 0 heterocycles. The molecule has 66 valence electrons. The Morgan fingerprint density at radius 1 is 1.25 bits per heavy atom. The highest BCUT2D eigenvalue weighted by Crippen LogP contribution is 2.15. The van der Waals surface area contributed by atoms with Crippen LogP contribution in [-0.2, 0) is 0 Å².